The lowest BCUT2D eigenvalue weighted by molar-refractivity contribution is -0.141. The molecular weight excluding hydrogens is 219 g/mol. The molecule has 0 bridgehead atoms. The SMILES string of the molecule is N#CCc1ccc(CCN)nc1C(F)(F)F. The van der Waals surface area contributed by atoms with Crippen molar-refractivity contribution in [1.29, 1.82) is 5.26 Å². The monoisotopic (exact) mass is 229 g/mol. The van der Waals surface area contributed by atoms with Gasteiger partial charge in [-0.3, -0.25) is 0 Å². The molecule has 6 heteroatoms. The molecule has 1 rings (SSSR count). The number of nitriles is 1. The first-order valence-corrected chi connectivity index (χ1v) is 4.62. The van der Waals surface area contributed by atoms with Crippen molar-refractivity contribution < 1.29 is 13.2 Å². The summed E-state index contributed by atoms with van der Waals surface area (Å²) in [5, 5.41) is 8.42. The van der Waals surface area contributed by atoms with Crippen LogP contribution >= 0.6 is 0 Å². The Balaban J connectivity index is 3.17. The zero-order valence-electron chi connectivity index (χ0n) is 8.38. The lowest BCUT2D eigenvalue weighted by Crippen LogP contribution is -2.14. The van der Waals surface area contributed by atoms with Crippen molar-refractivity contribution in [2.45, 2.75) is 19.0 Å². The quantitative estimate of drug-likeness (QED) is 0.857. The van der Waals surface area contributed by atoms with Gasteiger partial charge in [-0.15, -0.1) is 0 Å². The van der Waals surface area contributed by atoms with Gasteiger partial charge in [0.15, 0.2) is 0 Å². The van der Waals surface area contributed by atoms with Gasteiger partial charge in [0.25, 0.3) is 0 Å². The van der Waals surface area contributed by atoms with Crippen LogP contribution in [0.5, 0.6) is 0 Å². The molecule has 0 unspecified atom stereocenters. The summed E-state index contributed by atoms with van der Waals surface area (Å²) in [6.07, 6.45) is -4.54. The molecule has 86 valence electrons. The van der Waals surface area contributed by atoms with E-state index in [-0.39, 0.29) is 30.6 Å². The highest BCUT2D eigenvalue weighted by Gasteiger charge is 2.35. The summed E-state index contributed by atoms with van der Waals surface area (Å²) < 4.78 is 37.8. The van der Waals surface area contributed by atoms with Gasteiger partial charge in [0.2, 0.25) is 0 Å². The maximum Gasteiger partial charge on any atom is 0.433 e. The molecule has 0 atom stereocenters. The van der Waals surface area contributed by atoms with Gasteiger partial charge >= 0.3 is 6.18 Å². The van der Waals surface area contributed by atoms with E-state index in [0.717, 1.165) is 0 Å². The average molecular weight is 229 g/mol. The van der Waals surface area contributed by atoms with Crippen LogP contribution in [0, 0.1) is 11.3 Å². The Labute approximate surface area is 90.7 Å². The normalized spacial score (nSPS) is 11.2. The molecule has 0 aliphatic heterocycles. The van der Waals surface area contributed by atoms with Crippen molar-refractivity contribution in [3.05, 3.63) is 29.1 Å². The predicted octanol–water partition coefficient (Wildman–Crippen LogP) is 1.67. The number of aromatic nitrogens is 1. The molecule has 0 saturated carbocycles. The maximum absolute atomic E-state index is 12.6. The number of rotatable bonds is 3. The molecule has 0 amide bonds. The number of alkyl halides is 3. The van der Waals surface area contributed by atoms with Crippen LogP contribution in [0.4, 0.5) is 13.2 Å². The second-order valence-electron chi connectivity index (χ2n) is 3.18. The third-order valence-corrected chi connectivity index (χ3v) is 1.97. The second-order valence-corrected chi connectivity index (χ2v) is 3.18. The largest absolute Gasteiger partial charge is 0.433 e. The number of hydrogen-bond donors (Lipinski definition) is 1. The van der Waals surface area contributed by atoms with Crippen molar-refractivity contribution in [2.75, 3.05) is 6.54 Å². The minimum absolute atomic E-state index is 0.101. The van der Waals surface area contributed by atoms with Gasteiger partial charge in [-0.2, -0.15) is 18.4 Å². The van der Waals surface area contributed by atoms with Gasteiger partial charge in [0.05, 0.1) is 12.5 Å². The molecule has 2 N–H and O–H groups in total. The van der Waals surface area contributed by atoms with Crippen LogP contribution in [0.25, 0.3) is 0 Å². The zero-order valence-corrected chi connectivity index (χ0v) is 8.38. The highest BCUT2D eigenvalue weighted by Crippen LogP contribution is 2.30. The molecule has 1 aromatic heterocycles. The van der Waals surface area contributed by atoms with Crippen molar-refractivity contribution in [2.24, 2.45) is 5.73 Å². The summed E-state index contributed by atoms with van der Waals surface area (Å²) in [4.78, 5) is 3.50. The number of hydrogen-bond acceptors (Lipinski definition) is 3. The Kier molecular flexibility index (Phi) is 3.85. The van der Waals surface area contributed by atoms with E-state index in [1.54, 1.807) is 6.07 Å². The first kappa shape index (κ1) is 12.5. The van der Waals surface area contributed by atoms with E-state index in [4.69, 9.17) is 11.0 Å². The molecule has 0 aliphatic rings. The second kappa shape index (κ2) is 4.94. The van der Waals surface area contributed by atoms with Crippen LogP contribution in [0.15, 0.2) is 12.1 Å². The van der Waals surface area contributed by atoms with E-state index >= 15 is 0 Å². The van der Waals surface area contributed by atoms with E-state index in [0.29, 0.717) is 0 Å². The summed E-state index contributed by atoms with van der Waals surface area (Å²) >= 11 is 0. The smallest absolute Gasteiger partial charge is 0.330 e. The van der Waals surface area contributed by atoms with Gasteiger partial charge in [-0.05, 0) is 18.2 Å². The molecular formula is C10H10F3N3. The van der Waals surface area contributed by atoms with Gasteiger partial charge in [-0.1, -0.05) is 6.07 Å². The first-order chi connectivity index (χ1) is 7.49. The van der Waals surface area contributed by atoms with Crippen molar-refractivity contribution in [3.63, 3.8) is 0 Å². The van der Waals surface area contributed by atoms with Gasteiger partial charge in [-0.25, -0.2) is 4.98 Å². The predicted molar refractivity (Wildman–Crippen MR) is 51.3 cm³/mol. The van der Waals surface area contributed by atoms with E-state index < -0.39 is 11.9 Å². The minimum Gasteiger partial charge on any atom is -0.330 e. The molecule has 0 radical (unpaired) electrons. The molecule has 0 saturated heterocycles. The van der Waals surface area contributed by atoms with Gasteiger partial charge < -0.3 is 5.73 Å². The summed E-state index contributed by atoms with van der Waals surface area (Å²) in [5.41, 5.74) is 4.44. The number of nitrogens with two attached hydrogens (primary N) is 1. The number of nitrogens with zero attached hydrogens (tertiary/aromatic N) is 2. The molecule has 0 aromatic carbocycles. The zero-order chi connectivity index (χ0) is 12.2. The summed E-state index contributed by atoms with van der Waals surface area (Å²) in [6.45, 7) is 0.238. The van der Waals surface area contributed by atoms with Crippen LogP contribution < -0.4 is 5.73 Å². The van der Waals surface area contributed by atoms with E-state index in [9.17, 15) is 13.2 Å². The van der Waals surface area contributed by atoms with Crippen LogP contribution in [0.1, 0.15) is 17.0 Å². The van der Waals surface area contributed by atoms with Crippen LogP contribution in [-0.4, -0.2) is 11.5 Å². The van der Waals surface area contributed by atoms with Gasteiger partial charge in [0, 0.05) is 12.1 Å². The third-order valence-electron chi connectivity index (χ3n) is 1.97. The Morgan fingerprint density at radius 3 is 2.56 bits per heavy atom. The Hall–Kier alpha value is -1.61. The lowest BCUT2D eigenvalue weighted by atomic mass is 10.1. The standard InChI is InChI=1S/C10H10F3N3/c11-10(12,13)9-7(3-5-14)1-2-8(16-9)4-6-15/h1-2H,3-4,6,15H2. The van der Waals surface area contributed by atoms with E-state index in [1.165, 1.54) is 12.1 Å². The highest BCUT2D eigenvalue weighted by atomic mass is 19.4. The molecule has 0 fully saturated rings. The van der Waals surface area contributed by atoms with Crippen LogP contribution in [0.3, 0.4) is 0 Å². The van der Waals surface area contributed by atoms with Crippen LogP contribution in [0.2, 0.25) is 0 Å². The molecule has 1 aromatic rings. The summed E-state index contributed by atoms with van der Waals surface area (Å²) in [6, 6.07) is 4.43. The number of halogens is 3. The summed E-state index contributed by atoms with van der Waals surface area (Å²) in [7, 11) is 0. The first-order valence-electron chi connectivity index (χ1n) is 4.62. The highest BCUT2D eigenvalue weighted by molar-refractivity contribution is 5.28. The Morgan fingerprint density at radius 2 is 2.06 bits per heavy atom. The fraction of sp³-hybridized carbons (Fsp3) is 0.400. The van der Waals surface area contributed by atoms with E-state index in [2.05, 4.69) is 4.98 Å². The molecule has 0 spiro atoms. The third kappa shape index (κ3) is 2.94. The minimum atomic E-state index is -4.53. The lowest BCUT2D eigenvalue weighted by Gasteiger charge is -2.11. The van der Waals surface area contributed by atoms with Crippen molar-refractivity contribution in [3.8, 4) is 6.07 Å². The van der Waals surface area contributed by atoms with Gasteiger partial charge in [0.1, 0.15) is 5.69 Å². The molecule has 3 nitrogen and oxygen atoms in total. The molecule has 16 heavy (non-hydrogen) atoms. The van der Waals surface area contributed by atoms with E-state index in [1.807, 2.05) is 0 Å². The molecule has 1 heterocycles. The van der Waals surface area contributed by atoms with Crippen molar-refractivity contribution in [1.82, 2.24) is 4.98 Å². The van der Waals surface area contributed by atoms with Crippen LogP contribution in [-0.2, 0) is 19.0 Å². The Bertz CT molecular complexity index is 407. The Morgan fingerprint density at radius 1 is 1.38 bits per heavy atom. The number of pyridine rings is 1. The fourth-order valence-corrected chi connectivity index (χ4v) is 1.29. The fourth-order valence-electron chi connectivity index (χ4n) is 1.29. The molecule has 0 aliphatic carbocycles. The van der Waals surface area contributed by atoms with Crippen molar-refractivity contribution >= 4 is 0 Å². The topological polar surface area (TPSA) is 62.7 Å². The average Bonchev–Trinajstić information content (AvgIpc) is 2.19. The maximum atomic E-state index is 12.6. The summed E-state index contributed by atoms with van der Waals surface area (Å²) in [5.74, 6) is 0.